The fraction of sp³-hybridized carbons (Fsp3) is 0. The molecule has 4 nitrogen and oxygen atoms in total. The SMILES string of the molecule is NC(=S)c1ccnc(Nc2cccc3cnccc23)c1. The van der Waals surface area contributed by atoms with Gasteiger partial charge in [0.25, 0.3) is 0 Å². The van der Waals surface area contributed by atoms with Crippen LogP contribution < -0.4 is 11.1 Å². The molecule has 1 aromatic carbocycles. The van der Waals surface area contributed by atoms with Crippen molar-refractivity contribution in [2.45, 2.75) is 0 Å². The summed E-state index contributed by atoms with van der Waals surface area (Å²) in [6.07, 6.45) is 5.29. The molecule has 0 aliphatic heterocycles. The first-order chi connectivity index (χ1) is 9.74. The Kier molecular flexibility index (Phi) is 3.26. The zero-order valence-electron chi connectivity index (χ0n) is 10.6. The Morgan fingerprint density at radius 1 is 1.15 bits per heavy atom. The molecule has 0 aliphatic carbocycles. The third-order valence-electron chi connectivity index (χ3n) is 2.99. The molecular formula is C15H12N4S. The van der Waals surface area contributed by atoms with Crippen molar-refractivity contribution in [3.63, 3.8) is 0 Å². The molecule has 0 aliphatic rings. The molecule has 2 aromatic heterocycles. The van der Waals surface area contributed by atoms with Crippen molar-refractivity contribution in [1.29, 1.82) is 0 Å². The van der Waals surface area contributed by atoms with Gasteiger partial charge < -0.3 is 11.1 Å². The summed E-state index contributed by atoms with van der Waals surface area (Å²) < 4.78 is 0. The maximum absolute atomic E-state index is 5.63. The van der Waals surface area contributed by atoms with Gasteiger partial charge in [-0.2, -0.15) is 0 Å². The molecule has 3 aromatic rings. The highest BCUT2D eigenvalue weighted by Crippen LogP contribution is 2.25. The lowest BCUT2D eigenvalue weighted by Gasteiger charge is -2.09. The molecule has 98 valence electrons. The van der Waals surface area contributed by atoms with E-state index in [-0.39, 0.29) is 0 Å². The Labute approximate surface area is 121 Å². The number of rotatable bonds is 3. The van der Waals surface area contributed by atoms with E-state index in [4.69, 9.17) is 18.0 Å². The normalized spacial score (nSPS) is 10.4. The van der Waals surface area contributed by atoms with Gasteiger partial charge in [0.05, 0.1) is 0 Å². The van der Waals surface area contributed by atoms with Crippen LogP contribution in [0.3, 0.4) is 0 Å². The van der Waals surface area contributed by atoms with Crippen LogP contribution in [0.4, 0.5) is 11.5 Å². The van der Waals surface area contributed by atoms with Gasteiger partial charge in [0.2, 0.25) is 0 Å². The van der Waals surface area contributed by atoms with E-state index < -0.39 is 0 Å². The molecule has 0 saturated heterocycles. The van der Waals surface area contributed by atoms with Gasteiger partial charge in [0, 0.05) is 40.6 Å². The average molecular weight is 280 g/mol. The van der Waals surface area contributed by atoms with E-state index in [1.807, 2.05) is 36.5 Å². The molecule has 0 saturated carbocycles. The maximum Gasteiger partial charge on any atom is 0.130 e. The number of anilines is 2. The van der Waals surface area contributed by atoms with Gasteiger partial charge in [-0.25, -0.2) is 4.98 Å². The molecule has 20 heavy (non-hydrogen) atoms. The number of pyridine rings is 2. The number of fused-ring (bicyclic) bond motifs is 1. The second-order valence-electron chi connectivity index (χ2n) is 4.32. The van der Waals surface area contributed by atoms with Crippen LogP contribution in [0.1, 0.15) is 5.56 Å². The highest BCUT2D eigenvalue weighted by Gasteiger charge is 2.03. The number of hydrogen-bond acceptors (Lipinski definition) is 4. The lowest BCUT2D eigenvalue weighted by molar-refractivity contribution is 1.30. The molecule has 0 radical (unpaired) electrons. The summed E-state index contributed by atoms with van der Waals surface area (Å²) in [5, 5.41) is 5.45. The maximum atomic E-state index is 5.63. The minimum absolute atomic E-state index is 0.359. The zero-order valence-corrected chi connectivity index (χ0v) is 11.4. The van der Waals surface area contributed by atoms with Crippen LogP contribution in [0.15, 0.2) is 55.0 Å². The standard InChI is InChI=1S/C15H12N4S/c16-15(20)10-4-7-18-14(8-10)19-13-3-1-2-11-9-17-6-5-12(11)13/h1-9H,(H2,16,20)(H,18,19). The predicted molar refractivity (Wildman–Crippen MR) is 85.2 cm³/mol. The summed E-state index contributed by atoms with van der Waals surface area (Å²) in [5.41, 5.74) is 7.40. The molecule has 0 spiro atoms. The highest BCUT2D eigenvalue weighted by atomic mass is 32.1. The molecule has 3 rings (SSSR count). The zero-order chi connectivity index (χ0) is 13.9. The number of nitrogens with zero attached hydrogens (tertiary/aromatic N) is 2. The van der Waals surface area contributed by atoms with Crippen LogP contribution in [0, 0.1) is 0 Å². The van der Waals surface area contributed by atoms with Crippen molar-refractivity contribution < 1.29 is 0 Å². The molecule has 0 atom stereocenters. The Balaban J connectivity index is 2.01. The fourth-order valence-electron chi connectivity index (χ4n) is 2.02. The van der Waals surface area contributed by atoms with E-state index in [0.717, 1.165) is 22.0 Å². The number of hydrogen-bond donors (Lipinski definition) is 2. The number of nitrogens with two attached hydrogens (primary N) is 1. The van der Waals surface area contributed by atoms with Crippen molar-refractivity contribution in [1.82, 2.24) is 9.97 Å². The molecule has 0 amide bonds. The van der Waals surface area contributed by atoms with Crippen molar-refractivity contribution >= 4 is 39.5 Å². The van der Waals surface area contributed by atoms with Crippen LogP contribution in [-0.4, -0.2) is 15.0 Å². The summed E-state index contributed by atoms with van der Waals surface area (Å²) in [6.45, 7) is 0. The lowest BCUT2D eigenvalue weighted by Crippen LogP contribution is -2.09. The van der Waals surface area contributed by atoms with E-state index in [9.17, 15) is 0 Å². The monoisotopic (exact) mass is 280 g/mol. The third kappa shape index (κ3) is 2.44. The van der Waals surface area contributed by atoms with Crippen LogP contribution in [0.2, 0.25) is 0 Å². The van der Waals surface area contributed by atoms with Crippen LogP contribution in [0.5, 0.6) is 0 Å². The van der Waals surface area contributed by atoms with Gasteiger partial charge in [-0.05, 0) is 24.3 Å². The van der Waals surface area contributed by atoms with Crippen molar-refractivity contribution in [3.05, 3.63) is 60.6 Å². The molecule has 2 heterocycles. The minimum atomic E-state index is 0.359. The molecule has 0 bridgehead atoms. The highest BCUT2D eigenvalue weighted by molar-refractivity contribution is 7.80. The second-order valence-corrected chi connectivity index (χ2v) is 4.76. The van der Waals surface area contributed by atoms with E-state index in [2.05, 4.69) is 15.3 Å². The van der Waals surface area contributed by atoms with Crippen LogP contribution in [-0.2, 0) is 0 Å². The van der Waals surface area contributed by atoms with Gasteiger partial charge in [-0.3, -0.25) is 4.98 Å². The Bertz CT molecular complexity index is 780. The van der Waals surface area contributed by atoms with E-state index in [1.54, 1.807) is 18.5 Å². The molecule has 3 N–H and O–H groups in total. The van der Waals surface area contributed by atoms with Crippen molar-refractivity contribution in [2.75, 3.05) is 5.32 Å². The molecule has 0 fully saturated rings. The summed E-state index contributed by atoms with van der Waals surface area (Å²) in [4.78, 5) is 8.76. The second kappa shape index (κ2) is 5.22. The van der Waals surface area contributed by atoms with Gasteiger partial charge in [0.15, 0.2) is 0 Å². The molecule has 0 unspecified atom stereocenters. The number of nitrogens with one attached hydrogen (secondary N) is 1. The first-order valence-electron chi connectivity index (χ1n) is 6.10. The Morgan fingerprint density at radius 3 is 2.90 bits per heavy atom. The summed E-state index contributed by atoms with van der Waals surface area (Å²) >= 11 is 4.98. The minimum Gasteiger partial charge on any atom is -0.389 e. The largest absolute Gasteiger partial charge is 0.389 e. The van der Waals surface area contributed by atoms with Gasteiger partial charge in [-0.15, -0.1) is 0 Å². The number of benzene rings is 1. The topological polar surface area (TPSA) is 63.8 Å². The molecule has 5 heteroatoms. The van der Waals surface area contributed by atoms with E-state index in [0.29, 0.717) is 10.8 Å². The van der Waals surface area contributed by atoms with E-state index >= 15 is 0 Å². The Morgan fingerprint density at radius 2 is 2.05 bits per heavy atom. The fourth-order valence-corrected chi connectivity index (χ4v) is 2.15. The summed E-state index contributed by atoms with van der Waals surface area (Å²) in [5.74, 6) is 0.708. The first-order valence-corrected chi connectivity index (χ1v) is 6.50. The van der Waals surface area contributed by atoms with Gasteiger partial charge in [-0.1, -0.05) is 24.4 Å². The average Bonchev–Trinajstić information content (AvgIpc) is 2.48. The molecular weight excluding hydrogens is 268 g/mol. The van der Waals surface area contributed by atoms with Gasteiger partial charge in [0.1, 0.15) is 10.8 Å². The predicted octanol–water partition coefficient (Wildman–Crippen LogP) is 3.01. The summed E-state index contributed by atoms with van der Waals surface area (Å²) in [7, 11) is 0. The van der Waals surface area contributed by atoms with Crippen molar-refractivity contribution in [3.8, 4) is 0 Å². The lowest BCUT2D eigenvalue weighted by atomic mass is 10.1. The quantitative estimate of drug-likeness (QED) is 0.722. The van der Waals surface area contributed by atoms with E-state index in [1.165, 1.54) is 0 Å². The van der Waals surface area contributed by atoms with Gasteiger partial charge >= 0.3 is 0 Å². The smallest absolute Gasteiger partial charge is 0.130 e. The number of aromatic nitrogens is 2. The third-order valence-corrected chi connectivity index (χ3v) is 3.22. The summed E-state index contributed by atoms with van der Waals surface area (Å²) in [6, 6.07) is 11.6. The first kappa shape index (κ1) is 12.5. The van der Waals surface area contributed by atoms with Crippen LogP contribution in [0.25, 0.3) is 10.8 Å². The number of thiocarbonyl (C=S) groups is 1. The van der Waals surface area contributed by atoms with Crippen LogP contribution >= 0.6 is 12.2 Å². The Hall–Kier alpha value is -2.53. The van der Waals surface area contributed by atoms with Crippen molar-refractivity contribution in [2.24, 2.45) is 5.73 Å².